The fourth-order valence-electron chi connectivity index (χ4n) is 3.12. The molecule has 2 rings (SSSR count). The molecule has 38 heavy (non-hydrogen) atoms. The molecule has 1 unspecified atom stereocenters. The number of ether oxygens (including phenoxy) is 1. The highest BCUT2D eigenvalue weighted by Crippen LogP contribution is 2.17. The summed E-state index contributed by atoms with van der Waals surface area (Å²) in [6.07, 6.45) is 3.45. The second-order valence-electron chi connectivity index (χ2n) is 8.42. The van der Waals surface area contributed by atoms with Crippen molar-refractivity contribution in [2.45, 2.75) is 65.5 Å². The van der Waals surface area contributed by atoms with E-state index in [1.54, 1.807) is 0 Å². The third-order valence-corrected chi connectivity index (χ3v) is 4.85. The number of likely N-dealkylation sites (tertiary alicyclic amines) is 1. The molecule has 0 radical (unpaired) electrons. The van der Waals surface area contributed by atoms with Gasteiger partial charge in [0.05, 0.1) is 6.54 Å². The molecule has 0 aromatic heterocycles. The topological polar surface area (TPSA) is 169 Å². The van der Waals surface area contributed by atoms with Gasteiger partial charge in [0, 0.05) is 13.1 Å². The summed E-state index contributed by atoms with van der Waals surface area (Å²) in [5.41, 5.74) is 10.8. The molecule has 0 bridgehead atoms. The predicted octanol–water partition coefficient (Wildman–Crippen LogP) is 2.03. The molecule has 214 valence electrons. The van der Waals surface area contributed by atoms with Crippen molar-refractivity contribution in [3.8, 4) is 0 Å². The van der Waals surface area contributed by atoms with E-state index in [0.717, 1.165) is 31.4 Å². The normalized spacial score (nSPS) is 13.9. The summed E-state index contributed by atoms with van der Waals surface area (Å²) in [5, 5.41) is 4.74. The summed E-state index contributed by atoms with van der Waals surface area (Å²) in [7, 11) is 0. The van der Waals surface area contributed by atoms with Gasteiger partial charge in [-0.05, 0) is 31.2 Å². The van der Waals surface area contributed by atoms with Crippen LogP contribution in [-0.4, -0.2) is 73.4 Å². The Hall–Kier alpha value is -3.70. The zero-order chi connectivity index (χ0) is 28.8. The van der Waals surface area contributed by atoms with E-state index in [1.165, 1.54) is 11.3 Å². The molecule has 1 aromatic carbocycles. The Bertz CT molecular complexity index is 865. The number of alkyl halides is 1. The quantitative estimate of drug-likeness (QED) is 0.261. The van der Waals surface area contributed by atoms with E-state index >= 15 is 0 Å². The smallest absolute Gasteiger partial charge is 0.407 e. The highest BCUT2D eigenvalue weighted by atomic mass is 19.1. The van der Waals surface area contributed by atoms with E-state index in [-0.39, 0.29) is 19.1 Å². The first-order valence-electron chi connectivity index (χ1n) is 12.8. The molecule has 0 spiro atoms. The lowest BCUT2D eigenvalue weighted by Gasteiger charge is -2.34. The Kier molecular flexibility index (Phi) is 19.3. The van der Waals surface area contributed by atoms with Gasteiger partial charge in [-0.2, -0.15) is 0 Å². The maximum Gasteiger partial charge on any atom is 0.407 e. The average molecular weight is 539 g/mol. The number of nitrogens with zero attached hydrogens (tertiary/aromatic N) is 2. The van der Waals surface area contributed by atoms with Crippen LogP contribution in [0.3, 0.4) is 0 Å². The van der Waals surface area contributed by atoms with Crippen molar-refractivity contribution >= 4 is 29.7 Å². The van der Waals surface area contributed by atoms with Crippen molar-refractivity contribution in [1.29, 1.82) is 0 Å². The minimum Gasteiger partial charge on any atom is -0.445 e. The first kappa shape index (κ1) is 34.3. The van der Waals surface area contributed by atoms with Gasteiger partial charge in [-0.3, -0.25) is 19.4 Å². The lowest BCUT2D eigenvalue weighted by molar-refractivity contribution is -0.141. The number of amides is 3. The molecular weight excluding hydrogens is 495 g/mol. The number of nitrogens with two attached hydrogens (primary N) is 2. The molecule has 3 amide bonds. The van der Waals surface area contributed by atoms with Crippen molar-refractivity contribution in [3.63, 3.8) is 0 Å². The molecule has 1 fully saturated rings. The minimum atomic E-state index is -1.15. The Balaban J connectivity index is 0.00000117. The third-order valence-electron chi connectivity index (χ3n) is 4.85. The summed E-state index contributed by atoms with van der Waals surface area (Å²) >= 11 is 0. The number of nitrogens with one attached hydrogen (secondary N) is 2. The minimum absolute atomic E-state index is 0.0816. The molecule has 12 heteroatoms. The Labute approximate surface area is 224 Å². The summed E-state index contributed by atoms with van der Waals surface area (Å²) in [4.78, 5) is 52.6. The average Bonchev–Trinajstić information content (AvgIpc) is 2.93. The van der Waals surface area contributed by atoms with Crippen molar-refractivity contribution in [2.24, 2.45) is 16.5 Å². The number of aliphatic imine (C=N–C) groups is 1. The van der Waals surface area contributed by atoms with E-state index in [4.69, 9.17) is 16.2 Å². The van der Waals surface area contributed by atoms with Crippen LogP contribution < -0.4 is 22.1 Å². The number of piperidine rings is 1. The number of halogens is 1. The Morgan fingerprint density at radius 3 is 2.26 bits per heavy atom. The Morgan fingerprint density at radius 2 is 1.71 bits per heavy atom. The van der Waals surface area contributed by atoms with Crippen molar-refractivity contribution < 1.29 is 28.3 Å². The molecule has 1 aromatic rings. The van der Waals surface area contributed by atoms with Crippen molar-refractivity contribution in [1.82, 2.24) is 15.5 Å². The zero-order valence-corrected chi connectivity index (χ0v) is 22.7. The number of ketones is 1. The second-order valence-corrected chi connectivity index (χ2v) is 8.42. The lowest BCUT2D eigenvalue weighted by Crippen LogP contribution is -2.54. The fourth-order valence-corrected chi connectivity index (χ4v) is 3.12. The fraction of sp³-hybridized carbons (Fsp3) is 0.577. The zero-order valence-electron chi connectivity index (χ0n) is 22.7. The largest absolute Gasteiger partial charge is 0.445 e. The van der Waals surface area contributed by atoms with Gasteiger partial charge in [0.25, 0.3) is 0 Å². The SMILES string of the molecule is CCC.CCCN=C(N)N.O=C(CF)CNC(=O)C1CCCCN1C(=O)CNC(=O)OCc1ccccc1. The molecule has 0 aliphatic carbocycles. The van der Waals surface area contributed by atoms with Gasteiger partial charge in [0.2, 0.25) is 11.8 Å². The summed E-state index contributed by atoms with van der Waals surface area (Å²) in [6.45, 7) is 5.60. The van der Waals surface area contributed by atoms with E-state index in [2.05, 4.69) is 29.5 Å². The molecular formula is C26H43FN6O5. The van der Waals surface area contributed by atoms with Crippen LogP contribution in [0.15, 0.2) is 35.3 Å². The van der Waals surface area contributed by atoms with E-state index in [0.29, 0.717) is 13.0 Å². The van der Waals surface area contributed by atoms with Crippen molar-refractivity contribution in [3.05, 3.63) is 35.9 Å². The molecule has 6 N–H and O–H groups in total. The summed E-state index contributed by atoms with van der Waals surface area (Å²) < 4.78 is 17.3. The number of hydrogen-bond donors (Lipinski definition) is 4. The number of rotatable bonds is 10. The lowest BCUT2D eigenvalue weighted by atomic mass is 10.0. The van der Waals surface area contributed by atoms with Crippen LogP contribution >= 0.6 is 0 Å². The number of benzene rings is 1. The van der Waals surface area contributed by atoms with Gasteiger partial charge in [-0.15, -0.1) is 0 Å². The van der Waals surface area contributed by atoms with Crippen LogP contribution in [0.5, 0.6) is 0 Å². The molecule has 1 atom stereocenters. The molecule has 1 heterocycles. The molecule has 11 nitrogen and oxygen atoms in total. The van der Waals surface area contributed by atoms with Gasteiger partial charge in [-0.25, -0.2) is 9.18 Å². The number of alkyl carbamates (subject to hydrolysis) is 1. The monoisotopic (exact) mass is 538 g/mol. The number of carbonyl (C=O) groups is 4. The summed E-state index contributed by atoms with van der Waals surface area (Å²) in [5.74, 6) is -1.47. The van der Waals surface area contributed by atoms with Crippen LogP contribution in [0.1, 0.15) is 58.4 Å². The van der Waals surface area contributed by atoms with Gasteiger partial charge < -0.3 is 31.7 Å². The molecule has 1 aliphatic heterocycles. The van der Waals surface area contributed by atoms with Gasteiger partial charge in [0.1, 0.15) is 25.9 Å². The van der Waals surface area contributed by atoms with Crippen molar-refractivity contribution in [2.75, 3.05) is 32.9 Å². The van der Waals surface area contributed by atoms with Crippen LogP contribution in [0.4, 0.5) is 9.18 Å². The van der Waals surface area contributed by atoms with Crippen LogP contribution in [0.25, 0.3) is 0 Å². The second kappa shape index (κ2) is 21.4. The van der Waals surface area contributed by atoms with Gasteiger partial charge in [0.15, 0.2) is 11.7 Å². The first-order valence-corrected chi connectivity index (χ1v) is 12.8. The van der Waals surface area contributed by atoms with Gasteiger partial charge in [-0.1, -0.05) is 57.5 Å². The van der Waals surface area contributed by atoms with E-state index < -0.39 is 43.0 Å². The number of hydrogen-bond acceptors (Lipinski definition) is 6. The van der Waals surface area contributed by atoms with Crippen LogP contribution in [-0.2, 0) is 25.7 Å². The number of guanidine groups is 1. The van der Waals surface area contributed by atoms with Crippen LogP contribution in [0.2, 0.25) is 0 Å². The number of Topliss-reactive ketones (excluding diaryl/α,β-unsaturated/α-hetero) is 1. The summed E-state index contributed by atoms with van der Waals surface area (Å²) in [6, 6.07) is 8.37. The van der Waals surface area contributed by atoms with Gasteiger partial charge >= 0.3 is 6.09 Å². The number of carbonyl (C=O) groups excluding carboxylic acids is 4. The maximum absolute atomic E-state index is 12.4. The standard InChI is InChI=1S/C19H24FN3O5.C4H11N3.C3H8/c20-10-15(24)11-21-18(26)16-8-4-5-9-23(16)17(25)12-22-19(27)28-13-14-6-2-1-3-7-14;1-2-3-7-4(5)6;1-3-2/h1-3,6-7,16H,4-5,8-13H2,(H,21,26)(H,22,27);2-3H2,1H3,(H4,5,6,7);3H2,1-2H3. The van der Waals surface area contributed by atoms with E-state index in [1.807, 2.05) is 37.3 Å². The predicted molar refractivity (Wildman–Crippen MR) is 145 cm³/mol. The van der Waals surface area contributed by atoms with Crippen LogP contribution in [0, 0.1) is 0 Å². The third kappa shape index (κ3) is 16.1. The Morgan fingerprint density at radius 1 is 1.05 bits per heavy atom. The van der Waals surface area contributed by atoms with E-state index in [9.17, 15) is 23.6 Å². The maximum atomic E-state index is 12.4. The highest BCUT2D eigenvalue weighted by molar-refractivity contribution is 5.92. The molecule has 0 saturated carbocycles. The molecule has 1 saturated heterocycles. The first-order chi connectivity index (χ1) is 18.2. The highest BCUT2D eigenvalue weighted by Gasteiger charge is 2.32. The molecule has 1 aliphatic rings.